The molecule has 0 aromatic carbocycles. The number of nitrogen functional groups attached to an aromatic ring is 1. The van der Waals surface area contributed by atoms with E-state index in [0.717, 1.165) is 22.6 Å². The topological polar surface area (TPSA) is 55.0 Å². The van der Waals surface area contributed by atoms with Crippen molar-refractivity contribution in [2.45, 2.75) is 26.4 Å². The molecule has 0 radical (unpaired) electrons. The quantitative estimate of drug-likeness (QED) is 0.887. The largest absolute Gasteiger partial charge is 0.383 e. The van der Waals surface area contributed by atoms with Gasteiger partial charge in [-0.05, 0) is 32.3 Å². The molecule has 2 heterocycles. The van der Waals surface area contributed by atoms with Crippen LogP contribution >= 0.6 is 11.3 Å². The molecule has 0 bridgehead atoms. The van der Waals surface area contributed by atoms with Crippen molar-refractivity contribution in [3.63, 3.8) is 0 Å². The molecule has 5 heteroatoms. The van der Waals surface area contributed by atoms with Crippen LogP contribution in [0.1, 0.15) is 19.7 Å². The van der Waals surface area contributed by atoms with Crippen LogP contribution in [-0.2, 0) is 6.54 Å². The first-order valence-corrected chi connectivity index (χ1v) is 6.15. The van der Waals surface area contributed by atoms with E-state index < -0.39 is 0 Å². The summed E-state index contributed by atoms with van der Waals surface area (Å²) in [4.78, 5) is 12.0. The molecule has 0 saturated heterocycles. The van der Waals surface area contributed by atoms with Gasteiger partial charge < -0.3 is 5.73 Å². The Hall–Kier alpha value is -1.20. The van der Waals surface area contributed by atoms with Crippen LogP contribution in [0.4, 0.5) is 5.82 Å². The van der Waals surface area contributed by atoms with E-state index in [1.807, 2.05) is 11.4 Å². The molecule has 2 rings (SSSR count). The van der Waals surface area contributed by atoms with Gasteiger partial charge in [0.1, 0.15) is 16.5 Å². The summed E-state index contributed by atoms with van der Waals surface area (Å²) in [5, 5.41) is 2.95. The SMILES string of the molecule is CC(C)N(C)Cc1nc(N)c2ccsc2n1. The predicted octanol–water partition coefficient (Wildman–Crippen LogP) is 2.11. The third-order valence-corrected chi connectivity index (χ3v) is 3.48. The van der Waals surface area contributed by atoms with Crippen molar-refractivity contribution >= 4 is 27.4 Å². The van der Waals surface area contributed by atoms with Crippen molar-refractivity contribution < 1.29 is 0 Å². The van der Waals surface area contributed by atoms with Gasteiger partial charge in [-0.15, -0.1) is 11.3 Å². The molecule has 4 nitrogen and oxygen atoms in total. The number of hydrogen-bond donors (Lipinski definition) is 1. The zero-order chi connectivity index (χ0) is 11.7. The van der Waals surface area contributed by atoms with Crippen molar-refractivity contribution in [1.29, 1.82) is 0 Å². The standard InChI is InChI=1S/C11H16N4S/c1-7(2)15(3)6-9-13-10(12)8-4-5-16-11(8)14-9/h4-5,7H,6H2,1-3H3,(H2,12,13,14). The van der Waals surface area contributed by atoms with Crippen LogP contribution in [0.25, 0.3) is 10.2 Å². The van der Waals surface area contributed by atoms with Gasteiger partial charge in [0.25, 0.3) is 0 Å². The molecular weight excluding hydrogens is 220 g/mol. The van der Waals surface area contributed by atoms with Gasteiger partial charge in [-0.25, -0.2) is 9.97 Å². The van der Waals surface area contributed by atoms with Gasteiger partial charge in [0.05, 0.1) is 11.9 Å². The van der Waals surface area contributed by atoms with Gasteiger partial charge in [-0.2, -0.15) is 0 Å². The van der Waals surface area contributed by atoms with Crippen molar-refractivity contribution in [2.75, 3.05) is 12.8 Å². The molecule has 0 spiro atoms. The molecule has 0 aliphatic heterocycles. The average Bonchev–Trinajstić information content (AvgIpc) is 2.65. The summed E-state index contributed by atoms with van der Waals surface area (Å²) in [7, 11) is 2.06. The Kier molecular flexibility index (Phi) is 3.07. The lowest BCUT2D eigenvalue weighted by atomic mass is 10.3. The summed E-state index contributed by atoms with van der Waals surface area (Å²) in [5.41, 5.74) is 5.89. The minimum Gasteiger partial charge on any atom is -0.383 e. The molecule has 0 amide bonds. The normalized spacial score (nSPS) is 11.8. The Bertz CT molecular complexity index is 492. The molecule has 2 aromatic heterocycles. The van der Waals surface area contributed by atoms with Crippen molar-refractivity contribution in [1.82, 2.24) is 14.9 Å². The van der Waals surface area contributed by atoms with Gasteiger partial charge in [0.15, 0.2) is 0 Å². The highest BCUT2D eigenvalue weighted by Gasteiger charge is 2.10. The lowest BCUT2D eigenvalue weighted by Crippen LogP contribution is -2.26. The van der Waals surface area contributed by atoms with Gasteiger partial charge in [0, 0.05) is 6.04 Å². The number of thiophene rings is 1. The number of fused-ring (bicyclic) bond motifs is 1. The highest BCUT2D eigenvalue weighted by molar-refractivity contribution is 7.16. The van der Waals surface area contributed by atoms with Crippen molar-refractivity contribution in [2.24, 2.45) is 0 Å². The van der Waals surface area contributed by atoms with E-state index >= 15 is 0 Å². The molecule has 0 saturated carbocycles. The number of rotatable bonds is 3. The third-order valence-electron chi connectivity index (χ3n) is 2.67. The molecule has 86 valence electrons. The highest BCUT2D eigenvalue weighted by Crippen LogP contribution is 2.23. The second kappa shape index (κ2) is 4.35. The van der Waals surface area contributed by atoms with Gasteiger partial charge in [0.2, 0.25) is 0 Å². The monoisotopic (exact) mass is 236 g/mol. The van der Waals surface area contributed by atoms with E-state index in [-0.39, 0.29) is 0 Å². The summed E-state index contributed by atoms with van der Waals surface area (Å²) in [5.74, 6) is 1.38. The number of aromatic nitrogens is 2. The van der Waals surface area contributed by atoms with E-state index in [1.54, 1.807) is 11.3 Å². The Morgan fingerprint density at radius 2 is 2.19 bits per heavy atom. The van der Waals surface area contributed by atoms with Crippen LogP contribution in [0.15, 0.2) is 11.4 Å². The van der Waals surface area contributed by atoms with Gasteiger partial charge in [-0.3, -0.25) is 4.90 Å². The fourth-order valence-corrected chi connectivity index (χ4v) is 2.19. The molecular formula is C11H16N4S. The number of hydrogen-bond acceptors (Lipinski definition) is 5. The number of nitrogens with two attached hydrogens (primary N) is 1. The molecule has 0 aliphatic rings. The van der Waals surface area contributed by atoms with Crippen molar-refractivity contribution in [3.8, 4) is 0 Å². The molecule has 0 aliphatic carbocycles. The van der Waals surface area contributed by atoms with E-state index in [0.29, 0.717) is 11.9 Å². The Morgan fingerprint density at radius 1 is 1.44 bits per heavy atom. The molecule has 0 fully saturated rings. The Balaban J connectivity index is 2.31. The van der Waals surface area contributed by atoms with Crippen LogP contribution < -0.4 is 5.73 Å². The summed E-state index contributed by atoms with van der Waals surface area (Å²) in [6.45, 7) is 5.02. The maximum atomic E-state index is 5.89. The second-order valence-corrected chi connectivity index (χ2v) is 5.07. The minimum absolute atomic E-state index is 0.476. The Labute approximate surface area is 99.1 Å². The first kappa shape index (κ1) is 11.3. The molecule has 0 unspecified atom stereocenters. The van der Waals surface area contributed by atoms with Crippen LogP contribution in [0.2, 0.25) is 0 Å². The second-order valence-electron chi connectivity index (χ2n) is 4.17. The predicted molar refractivity (Wildman–Crippen MR) is 68.4 cm³/mol. The van der Waals surface area contributed by atoms with E-state index in [4.69, 9.17) is 5.73 Å². The van der Waals surface area contributed by atoms with E-state index in [1.165, 1.54) is 0 Å². The van der Waals surface area contributed by atoms with Crippen LogP contribution in [-0.4, -0.2) is 28.0 Å². The van der Waals surface area contributed by atoms with Gasteiger partial charge >= 0.3 is 0 Å². The molecule has 16 heavy (non-hydrogen) atoms. The highest BCUT2D eigenvalue weighted by atomic mass is 32.1. The maximum absolute atomic E-state index is 5.89. The van der Waals surface area contributed by atoms with Crippen LogP contribution in [0.5, 0.6) is 0 Å². The molecule has 2 aromatic rings. The lowest BCUT2D eigenvalue weighted by Gasteiger charge is -2.19. The molecule has 2 N–H and O–H groups in total. The summed E-state index contributed by atoms with van der Waals surface area (Å²) in [6, 6.07) is 2.44. The summed E-state index contributed by atoms with van der Waals surface area (Å²) < 4.78 is 0. The minimum atomic E-state index is 0.476. The molecule has 0 atom stereocenters. The lowest BCUT2D eigenvalue weighted by molar-refractivity contribution is 0.260. The van der Waals surface area contributed by atoms with E-state index in [9.17, 15) is 0 Å². The van der Waals surface area contributed by atoms with Crippen LogP contribution in [0, 0.1) is 0 Å². The maximum Gasteiger partial charge on any atom is 0.146 e. The van der Waals surface area contributed by atoms with Crippen molar-refractivity contribution in [3.05, 3.63) is 17.3 Å². The third kappa shape index (κ3) is 2.15. The zero-order valence-corrected chi connectivity index (χ0v) is 10.6. The summed E-state index contributed by atoms with van der Waals surface area (Å²) >= 11 is 1.60. The fraction of sp³-hybridized carbons (Fsp3) is 0.455. The zero-order valence-electron chi connectivity index (χ0n) is 9.77. The Morgan fingerprint density at radius 3 is 2.88 bits per heavy atom. The van der Waals surface area contributed by atoms with Gasteiger partial charge in [-0.1, -0.05) is 0 Å². The van der Waals surface area contributed by atoms with E-state index in [2.05, 4.69) is 35.8 Å². The van der Waals surface area contributed by atoms with Crippen LogP contribution in [0.3, 0.4) is 0 Å². The number of nitrogens with zero attached hydrogens (tertiary/aromatic N) is 3. The number of anilines is 1. The average molecular weight is 236 g/mol. The first-order valence-electron chi connectivity index (χ1n) is 5.27. The first-order chi connectivity index (χ1) is 7.58. The smallest absolute Gasteiger partial charge is 0.146 e. The fourth-order valence-electron chi connectivity index (χ4n) is 1.40. The summed E-state index contributed by atoms with van der Waals surface area (Å²) in [6.07, 6.45) is 0.